The van der Waals surface area contributed by atoms with Gasteiger partial charge in [-0.3, -0.25) is 9.59 Å². The number of benzene rings is 2. The molecule has 2 aromatic carbocycles. The predicted octanol–water partition coefficient (Wildman–Crippen LogP) is 6.06. The van der Waals surface area contributed by atoms with Crippen LogP contribution in [0, 0.1) is 13.8 Å². The van der Waals surface area contributed by atoms with Gasteiger partial charge in [0.15, 0.2) is 5.43 Å². The number of unbranched alkanes of at least 4 members (excludes halogenated alkanes) is 1. The van der Waals surface area contributed by atoms with Crippen molar-refractivity contribution in [1.29, 1.82) is 0 Å². The van der Waals surface area contributed by atoms with E-state index in [1.165, 1.54) is 0 Å². The average Bonchev–Trinajstić information content (AvgIpc) is 2.95. The van der Waals surface area contributed by atoms with Crippen LogP contribution in [0.1, 0.15) is 58.6 Å². The standard InChI is InChI=1S/C23H21Cl2NO3/c1-4-5-8-26-19(14-6-7-16(24)17(25)11-14)18-20(27)15-10-12(2)9-13(3)21(15)29-22(18)23(26)28/h6-7,9-11,19H,4-5,8H2,1-3H3. The zero-order valence-electron chi connectivity index (χ0n) is 16.5. The Morgan fingerprint density at radius 3 is 2.52 bits per heavy atom. The number of carbonyl (C=O) groups is 1. The van der Waals surface area contributed by atoms with Crippen molar-refractivity contribution in [2.24, 2.45) is 0 Å². The molecule has 4 rings (SSSR count). The number of hydrogen-bond donors (Lipinski definition) is 0. The van der Waals surface area contributed by atoms with E-state index in [9.17, 15) is 9.59 Å². The normalized spacial score (nSPS) is 16.0. The molecule has 150 valence electrons. The van der Waals surface area contributed by atoms with Gasteiger partial charge in [-0.2, -0.15) is 0 Å². The maximum absolute atomic E-state index is 13.5. The highest BCUT2D eigenvalue weighted by atomic mass is 35.5. The Labute approximate surface area is 179 Å². The van der Waals surface area contributed by atoms with Crippen molar-refractivity contribution >= 4 is 40.1 Å². The van der Waals surface area contributed by atoms with E-state index in [0.29, 0.717) is 33.1 Å². The molecule has 0 saturated carbocycles. The first-order valence-electron chi connectivity index (χ1n) is 9.67. The largest absolute Gasteiger partial charge is 0.450 e. The number of rotatable bonds is 4. The summed E-state index contributed by atoms with van der Waals surface area (Å²) < 4.78 is 6.05. The van der Waals surface area contributed by atoms with Crippen molar-refractivity contribution in [2.45, 2.75) is 39.7 Å². The molecule has 0 radical (unpaired) electrons. The molecular formula is C23H21Cl2NO3. The topological polar surface area (TPSA) is 50.5 Å². The second kappa shape index (κ2) is 7.51. The van der Waals surface area contributed by atoms with E-state index in [-0.39, 0.29) is 17.1 Å². The number of nitrogens with zero attached hydrogens (tertiary/aromatic N) is 1. The van der Waals surface area contributed by atoms with Crippen LogP contribution in [-0.2, 0) is 0 Å². The average molecular weight is 430 g/mol. The smallest absolute Gasteiger partial charge is 0.290 e. The van der Waals surface area contributed by atoms with Gasteiger partial charge in [0.05, 0.1) is 27.0 Å². The van der Waals surface area contributed by atoms with E-state index < -0.39 is 6.04 Å². The van der Waals surface area contributed by atoms with Gasteiger partial charge in [-0.05, 0) is 55.2 Å². The van der Waals surface area contributed by atoms with Gasteiger partial charge in [0, 0.05) is 6.54 Å². The van der Waals surface area contributed by atoms with Gasteiger partial charge in [-0.15, -0.1) is 0 Å². The first-order valence-corrected chi connectivity index (χ1v) is 10.4. The lowest BCUT2D eigenvalue weighted by molar-refractivity contribution is 0.0725. The van der Waals surface area contributed by atoms with Gasteiger partial charge >= 0.3 is 0 Å². The Morgan fingerprint density at radius 2 is 1.83 bits per heavy atom. The van der Waals surface area contributed by atoms with Crippen LogP contribution in [0.4, 0.5) is 0 Å². The van der Waals surface area contributed by atoms with Gasteiger partial charge in [0.25, 0.3) is 5.91 Å². The van der Waals surface area contributed by atoms with Crippen molar-refractivity contribution in [3.05, 3.63) is 78.6 Å². The molecule has 1 unspecified atom stereocenters. The lowest BCUT2D eigenvalue weighted by Gasteiger charge is -2.25. The number of fused-ring (bicyclic) bond motifs is 2. The summed E-state index contributed by atoms with van der Waals surface area (Å²) >= 11 is 12.3. The zero-order valence-corrected chi connectivity index (χ0v) is 18.0. The molecule has 3 aromatic rings. The summed E-state index contributed by atoms with van der Waals surface area (Å²) in [5, 5.41) is 1.31. The van der Waals surface area contributed by atoms with Crippen molar-refractivity contribution in [2.75, 3.05) is 6.54 Å². The van der Waals surface area contributed by atoms with Crippen molar-refractivity contribution in [1.82, 2.24) is 4.90 Å². The number of carbonyl (C=O) groups excluding carboxylic acids is 1. The molecule has 0 bridgehead atoms. The van der Waals surface area contributed by atoms with Crippen LogP contribution in [0.15, 0.2) is 39.5 Å². The van der Waals surface area contributed by atoms with E-state index in [1.54, 1.807) is 17.0 Å². The third-order valence-electron chi connectivity index (χ3n) is 5.41. The van der Waals surface area contributed by atoms with Gasteiger partial charge < -0.3 is 9.32 Å². The first kappa shape index (κ1) is 20.0. The fourth-order valence-electron chi connectivity index (χ4n) is 4.06. The van der Waals surface area contributed by atoms with Gasteiger partial charge in [0.2, 0.25) is 5.76 Å². The molecule has 1 amide bonds. The van der Waals surface area contributed by atoms with E-state index >= 15 is 0 Å². The van der Waals surface area contributed by atoms with Gasteiger partial charge in [-0.1, -0.05) is 48.7 Å². The fourth-order valence-corrected chi connectivity index (χ4v) is 4.37. The Bertz CT molecular complexity index is 1200. The fraction of sp³-hybridized carbons (Fsp3) is 0.304. The molecule has 1 aliphatic rings. The second-order valence-corrected chi connectivity index (χ2v) is 8.38. The number of aryl methyl sites for hydroxylation is 2. The van der Waals surface area contributed by atoms with Crippen LogP contribution < -0.4 is 5.43 Å². The number of hydrogen-bond acceptors (Lipinski definition) is 3. The lowest BCUT2D eigenvalue weighted by Crippen LogP contribution is -2.30. The second-order valence-electron chi connectivity index (χ2n) is 7.56. The first-order chi connectivity index (χ1) is 13.8. The molecular weight excluding hydrogens is 409 g/mol. The summed E-state index contributed by atoms with van der Waals surface area (Å²) in [7, 11) is 0. The van der Waals surface area contributed by atoms with Crippen LogP contribution in [0.25, 0.3) is 11.0 Å². The quantitative estimate of drug-likeness (QED) is 0.506. The summed E-state index contributed by atoms with van der Waals surface area (Å²) in [6.45, 7) is 6.41. The molecule has 1 aliphatic heterocycles. The molecule has 6 heteroatoms. The maximum atomic E-state index is 13.5. The van der Waals surface area contributed by atoms with Crippen LogP contribution in [-0.4, -0.2) is 17.4 Å². The summed E-state index contributed by atoms with van der Waals surface area (Å²) in [5.74, 6) is -0.134. The molecule has 0 aliphatic carbocycles. The molecule has 0 spiro atoms. The zero-order chi connectivity index (χ0) is 20.9. The highest BCUT2D eigenvalue weighted by molar-refractivity contribution is 6.42. The van der Waals surface area contributed by atoms with E-state index in [2.05, 4.69) is 6.92 Å². The monoisotopic (exact) mass is 429 g/mol. The van der Waals surface area contributed by atoms with E-state index in [0.717, 1.165) is 29.5 Å². The number of amides is 1. The SMILES string of the molecule is CCCCN1C(=O)c2oc3c(C)cc(C)cc3c(=O)c2C1c1ccc(Cl)c(Cl)c1. The highest BCUT2D eigenvalue weighted by Gasteiger charge is 2.42. The number of halogens is 2. The third-order valence-corrected chi connectivity index (χ3v) is 6.15. The van der Waals surface area contributed by atoms with E-state index in [4.69, 9.17) is 27.6 Å². The molecule has 2 heterocycles. The van der Waals surface area contributed by atoms with Gasteiger partial charge in [0.1, 0.15) is 5.58 Å². The van der Waals surface area contributed by atoms with Crippen LogP contribution >= 0.6 is 23.2 Å². The van der Waals surface area contributed by atoms with Crippen molar-refractivity contribution in [3.8, 4) is 0 Å². The van der Waals surface area contributed by atoms with Crippen molar-refractivity contribution in [3.63, 3.8) is 0 Å². The highest BCUT2D eigenvalue weighted by Crippen LogP contribution is 2.40. The van der Waals surface area contributed by atoms with Crippen LogP contribution in [0.3, 0.4) is 0 Å². The molecule has 29 heavy (non-hydrogen) atoms. The summed E-state index contributed by atoms with van der Waals surface area (Å²) in [5.41, 5.74) is 3.24. The molecule has 1 atom stereocenters. The summed E-state index contributed by atoms with van der Waals surface area (Å²) in [6, 6.07) is 8.45. The Balaban J connectivity index is 2.01. The van der Waals surface area contributed by atoms with Crippen molar-refractivity contribution < 1.29 is 9.21 Å². The lowest BCUT2D eigenvalue weighted by atomic mass is 9.97. The minimum Gasteiger partial charge on any atom is -0.450 e. The van der Waals surface area contributed by atoms with Crippen LogP contribution in [0.5, 0.6) is 0 Å². The van der Waals surface area contributed by atoms with Gasteiger partial charge in [-0.25, -0.2) is 0 Å². The molecule has 0 N–H and O–H groups in total. The summed E-state index contributed by atoms with van der Waals surface area (Å²) in [4.78, 5) is 28.5. The minimum absolute atomic E-state index is 0.127. The Kier molecular flexibility index (Phi) is 5.18. The molecule has 0 fully saturated rings. The minimum atomic E-state index is -0.541. The maximum Gasteiger partial charge on any atom is 0.290 e. The molecule has 1 aromatic heterocycles. The summed E-state index contributed by atoms with van der Waals surface area (Å²) in [6.07, 6.45) is 1.75. The predicted molar refractivity (Wildman–Crippen MR) is 116 cm³/mol. The Hall–Kier alpha value is -2.30. The van der Waals surface area contributed by atoms with Crippen LogP contribution in [0.2, 0.25) is 10.0 Å². The van der Waals surface area contributed by atoms with E-state index in [1.807, 2.05) is 32.0 Å². The molecule has 4 nitrogen and oxygen atoms in total. The third kappa shape index (κ3) is 3.24. The molecule has 0 saturated heterocycles. The Morgan fingerprint density at radius 1 is 1.07 bits per heavy atom.